The Balaban J connectivity index is 1.33. The van der Waals surface area contributed by atoms with Gasteiger partial charge >= 0.3 is 0 Å². The third-order valence-corrected chi connectivity index (χ3v) is 6.91. The fraction of sp³-hybridized carbons (Fsp3) is 0.143. The minimum Gasteiger partial charge on any atom is -0.397 e. The molecule has 0 aliphatic rings. The minimum absolute atomic E-state index is 0.115. The van der Waals surface area contributed by atoms with Crippen LogP contribution in [-0.4, -0.2) is 11.8 Å². The fourth-order valence-electron chi connectivity index (χ4n) is 4.75. The second kappa shape index (κ2) is 12.4. The number of nitrogen functional groups attached to an aromatic ring is 2. The summed E-state index contributed by atoms with van der Waals surface area (Å²) in [7, 11) is 0. The molecule has 6 N–H and O–H groups in total. The molecular weight excluding hydrogens is 508 g/mol. The van der Waals surface area contributed by atoms with Crippen LogP contribution in [0.5, 0.6) is 0 Å². The number of para-hydroxylation sites is 4. The number of carbonyl (C=O) groups is 2. The fourth-order valence-corrected chi connectivity index (χ4v) is 4.75. The number of allylic oxidation sites excluding steroid dienone is 2. The van der Waals surface area contributed by atoms with E-state index in [1.165, 1.54) is 0 Å². The van der Waals surface area contributed by atoms with E-state index >= 15 is 0 Å². The Morgan fingerprint density at radius 3 is 1.24 bits per heavy atom. The molecule has 4 aromatic carbocycles. The number of benzene rings is 4. The van der Waals surface area contributed by atoms with Gasteiger partial charge in [0.25, 0.3) is 11.8 Å². The number of hydrogen-bond acceptors (Lipinski definition) is 4. The van der Waals surface area contributed by atoms with Crippen molar-refractivity contribution in [2.45, 2.75) is 26.7 Å². The molecule has 0 spiro atoms. The van der Waals surface area contributed by atoms with E-state index in [4.69, 9.17) is 11.5 Å². The standard InChI is InChI=1S/C35H36N4O2/c1-23(25-13-17-27(18-14-25)33(40)38-31-11-7-5-9-29(31)36)21-35(3,4)22-24(2)26-15-19-28(20-16-26)34(41)39-32-12-8-6-10-30(32)37/h5-20H,1-2,21-22,36-37H2,3-4H3,(H,38,40)(H,39,41). The van der Waals surface area contributed by atoms with Gasteiger partial charge < -0.3 is 22.1 Å². The summed E-state index contributed by atoms with van der Waals surface area (Å²) in [5, 5.41) is 5.70. The zero-order valence-electron chi connectivity index (χ0n) is 23.5. The molecule has 2 amide bonds. The van der Waals surface area contributed by atoms with Crippen LogP contribution in [0.3, 0.4) is 0 Å². The zero-order valence-corrected chi connectivity index (χ0v) is 23.5. The van der Waals surface area contributed by atoms with Crippen LogP contribution in [0, 0.1) is 5.41 Å². The summed E-state index contributed by atoms with van der Waals surface area (Å²) in [5.74, 6) is -0.436. The van der Waals surface area contributed by atoms with E-state index in [1.807, 2.05) is 48.5 Å². The molecule has 41 heavy (non-hydrogen) atoms. The van der Waals surface area contributed by atoms with E-state index in [1.54, 1.807) is 48.5 Å². The number of amides is 2. The maximum atomic E-state index is 12.7. The number of nitrogens with two attached hydrogens (primary N) is 2. The van der Waals surface area contributed by atoms with Gasteiger partial charge in [-0.15, -0.1) is 0 Å². The maximum Gasteiger partial charge on any atom is 0.255 e. The molecule has 0 fully saturated rings. The summed E-state index contributed by atoms with van der Waals surface area (Å²) in [6.45, 7) is 13.0. The highest BCUT2D eigenvalue weighted by Crippen LogP contribution is 2.37. The van der Waals surface area contributed by atoms with Crippen molar-refractivity contribution in [1.29, 1.82) is 0 Å². The van der Waals surface area contributed by atoms with Crippen LogP contribution in [0.15, 0.2) is 110 Å². The van der Waals surface area contributed by atoms with Crippen molar-refractivity contribution in [3.05, 3.63) is 132 Å². The van der Waals surface area contributed by atoms with Crippen molar-refractivity contribution in [1.82, 2.24) is 0 Å². The van der Waals surface area contributed by atoms with Crippen molar-refractivity contribution < 1.29 is 9.59 Å². The highest BCUT2D eigenvalue weighted by Gasteiger charge is 2.22. The molecule has 6 heteroatoms. The van der Waals surface area contributed by atoms with Crippen LogP contribution in [-0.2, 0) is 0 Å². The predicted octanol–water partition coefficient (Wildman–Crippen LogP) is 7.89. The first-order chi connectivity index (χ1) is 19.5. The number of hydrogen-bond donors (Lipinski definition) is 4. The second-order valence-corrected chi connectivity index (χ2v) is 11.0. The molecule has 4 aromatic rings. The highest BCUT2D eigenvalue weighted by atomic mass is 16.2. The van der Waals surface area contributed by atoms with Crippen molar-refractivity contribution in [3.8, 4) is 0 Å². The monoisotopic (exact) mass is 544 g/mol. The SMILES string of the molecule is C=C(CC(C)(C)CC(=C)c1ccc(C(=O)Nc2ccccc2N)cc1)c1ccc(C(=O)Nc2ccccc2N)cc1. The molecule has 0 saturated carbocycles. The van der Waals surface area contributed by atoms with Crippen LogP contribution in [0.4, 0.5) is 22.7 Å². The lowest BCUT2D eigenvalue weighted by Gasteiger charge is -2.27. The van der Waals surface area contributed by atoms with Crippen molar-refractivity contribution >= 4 is 45.7 Å². The Morgan fingerprint density at radius 1 is 0.585 bits per heavy atom. The molecule has 0 bridgehead atoms. The Hall–Kier alpha value is -5.10. The molecule has 0 aliphatic carbocycles. The molecule has 0 atom stereocenters. The minimum atomic E-state index is -0.218. The van der Waals surface area contributed by atoms with Gasteiger partial charge in [0.05, 0.1) is 22.7 Å². The molecule has 0 radical (unpaired) electrons. The lowest BCUT2D eigenvalue weighted by molar-refractivity contribution is 0.101. The van der Waals surface area contributed by atoms with E-state index in [0.717, 1.165) is 35.1 Å². The summed E-state index contributed by atoms with van der Waals surface area (Å²) in [6.07, 6.45) is 1.49. The van der Waals surface area contributed by atoms with E-state index in [-0.39, 0.29) is 17.2 Å². The van der Waals surface area contributed by atoms with E-state index in [2.05, 4.69) is 37.6 Å². The Bertz CT molecular complexity index is 1470. The third-order valence-electron chi connectivity index (χ3n) is 6.91. The quantitative estimate of drug-likeness (QED) is 0.152. The average Bonchev–Trinajstić information content (AvgIpc) is 2.95. The number of carbonyl (C=O) groups excluding carboxylic acids is 2. The lowest BCUT2D eigenvalue weighted by atomic mass is 9.78. The molecule has 0 aromatic heterocycles. The number of anilines is 4. The lowest BCUT2D eigenvalue weighted by Crippen LogP contribution is -2.14. The summed E-state index contributed by atoms with van der Waals surface area (Å²) < 4.78 is 0. The molecule has 0 heterocycles. The summed E-state index contributed by atoms with van der Waals surface area (Å²) >= 11 is 0. The van der Waals surface area contributed by atoms with Gasteiger partial charge in [0, 0.05) is 11.1 Å². The Kier molecular flexibility index (Phi) is 8.73. The van der Waals surface area contributed by atoms with Gasteiger partial charge in [-0.2, -0.15) is 0 Å². The summed E-state index contributed by atoms with van der Waals surface area (Å²) in [5.41, 5.74) is 19.0. The van der Waals surface area contributed by atoms with Gasteiger partial charge in [0.2, 0.25) is 0 Å². The first-order valence-corrected chi connectivity index (χ1v) is 13.4. The maximum absolute atomic E-state index is 12.7. The smallest absolute Gasteiger partial charge is 0.255 e. The Morgan fingerprint density at radius 2 is 0.902 bits per heavy atom. The van der Waals surface area contributed by atoms with Crippen LogP contribution in [0.1, 0.15) is 58.5 Å². The van der Waals surface area contributed by atoms with Gasteiger partial charge in [-0.25, -0.2) is 0 Å². The van der Waals surface area contributed by atoms with Crippen LogP contribution < -0.4 is 22.1 Å². The van der Waals surface area contributed by atoms with Crippen LogP contribution >= 0.6 is 0 Å². The van der Waals surface area contributed by atoms with Gasteiger partial charge in [-0.1, -0.05) is 75.5 Å². The second-order valence-electron chi connectivity index (χ2n) is 11.0. The first kappa shape index (κ1) is 28.9. The molecule has 0 aliphatic heterocycles. The topological polar surface area (TPSA) is 110 Å². The van der Waals surface area contributed by atoms with Gasteiger partial charge in [0.1, 0.15) is 0 Å². The van der Waals surface area contributed by atoms with Crippen molar-refractivity contribution in [3.63, 3.8) is 0 Å². The van der Waals surface area contributed by atoms with Crippen LogP contribution in [0.2, 0.25) is 0 Å². The highest BCUT2D eigenvalue weighted by molar-refractivity contribution is 6.06. The molecular formula is C35H36N4O2. The van der Waals surface area contributed by atoms with Crippen molar-refractivity contribution in [2.24, 2.45) is 5.41 Å². The summed E-state index contributed by atoms with van der Waals surface area (Å²) in [4.78, 5) is 25.3. The molecule has 0 saturated heterocycles. The normalized spacial score (nSPS) is 11.0. The largest absolute Gasteiger partial charge is 0.397 e. The number of nitrogens with one attached hydrogen (secondary N) is 2. The molecule has 0 unspecified atom stereocenters. The van der Waals surface area contributed by atoms with Gasteiger partial charge in [-0.05, 0) is 89.1 Å². The van der Waals surface area contributed by atoms with E-state index in [0.29, 0.717) is 33.9 Å². The van der Waals surface area contributed by atoms with Gasteiger partial charge in [-0.3, -0.25) is 9.59 Å². The zero-order chi connectivity index (χ0) is 29.6. The van der Waals surface area contributed by atoms with Crippen molar-refractivity contribution in [2.75, 3.05) is 22.1 Å². The Labute approximate surface area is 241 Å². The summed E-state index contributed by atoms with van der Waals surface area (Å²) in [6, 6.07) is 29.2. The molecule has 208 valence electrons. The molecule has 6 nitrogen and oxygen atoms in total. The first-order valence-electron chi connectivity index (χ1n) is 13.4. The van der Waals surface area contributed by atoms with E-state index in [9.17, 15) is 9.59 Å². The average molecular weight is 545 g/mol. The van der Waals surface area contributed by atoms with Crippen LogP contribution in [0.25, 0.3) is 11.1 Å². The number of rotatable bonds is 10. The van der Waals surface area contributed by atoms with E-state index < -0.39 is 0 Å². The van der Waals surface area contributed by atoms with Gasteiger partial charge in [0.15, 0.2) is 0 Å². The predicted molar refractivity (Wildman–Crippen MR) is 172 cm³/mol. The third kappa shape index (κ3) is 7.51. The molecule has 4 rings (SSSR count).